The lowest BCUT2D eigenvalue weighted by Crippen LogP contribution is -2.18. The summed E-state index contributed by atoms with van der Waals surface area (Å²) in [5.41, 5.74) is 1.72. The van der Waals surface area contributed by atoms with E-state index >= 15 is 0 Å². The van der Waals surface area contributed by atoms with Crippen LogP contribution in [0.3, 0.4) is 0 Å². The molecule has 0 unspecified atom stereocenters. The highest BCUT2D eigenvalue weighted by atomic mass is 35.5. The average molecular weight is 438 g/mol. The summed E-state index contributed by atoms with van der Waals surface area (Å²) in [5.74, 6) is -0.296. The summed E-state index contributed by atoms with van der Waals surface area (Å²) >= 11 is 5.84. The number of H-pyrrole nitrogens is 1. The Morgan fingerprint density at radius 1 is 0.767 bits per heavy atom. The van der Waals surface area contributed by atoms with E-state index in [0.717, 1.165) is 5.56 Å². The summed E-state index contributed by atoms with van der Waals surface area (Å²) < 4.78 is 30.9. The van der Waals surface area contributed by atoms with Crippen molar-refractivity contribution in [3.8, 4) is 28.1 Å². The molecule has 4 aromatic rings. The summed E-state index contributed by atoms with van der Waals surface area (Å²) in [7, 11) is -4.24. The largest absolute Gasteiger partial charge is 0.372 e. The molecule has 5 nitrogen and oxygen atoms in total. The molecule has 1 N–H and O–H groups in total. The molecule has 30 heavy (non-hydrogen) atoms. The number of aromatic amines is 1. The maximum atomic E-state index is 12.9. The van der Waals surface area contributed by atoms with Crippen molar-refractivity contribution in [3.05, 3.63) is 106 Å². The number of nitrogens with one attached hydrogen (secondary N) is 1. The number of hydrogen-bond acceptors (Lipinski definition) is 4. The van der Waals surface area contributed by atoms with E-state index < -0.39 is 15.7 Å². The molecule has 3 aromatic carbocycles. The van der Waals surface area contributed by atoms with Crippen molar-refractivity contribution in [2.45, 2.75) is 4.90 Å². The Morgan fingerprint density at radius 2 is 1.33 bits per heavy atom. The van der Waals surface area contributed by atoms with Gasteiger partial charge in [-0.1, -0.05) is 72.3 Å². The number of pyridine rings is 1. The summed E-state index contributed by atoms with van der Waals surface area (Å²) in [4.78, 5) is 15.5. The highest BCUT2D eigenvalue weighted by molar-refractivity contribution is 7.87. The van der Waals surface area contributed by atoms with Crippen LogP contribution in [0.2, 0.25) is 5.02 Å². The van der Waals surface area contributed by atoms with Crippen molar-refractivity contribution in [1.29, 1.82) is 0 Å². The van der Waals surface area contributed by atoms with E-state index in [2.05, 4.69) is 4.98 Å². The maximum absolute atomic E-state index is 12.9. The van der Waals surface area contributed by atoms with Gasteiger partial charge in [0.25, 0.3) is 5.56 Å². The Kier molecular flexibility index (Phi) is 5.44. The van der Waals surface area contributed by atoms with Crippen LogP contribution >= 0.6 is 11.6 Å². The van der Waals surface area contributed by atoms with E-state index in [-0.39, 0.29) is 10.6 Å². The van der Waals surface area contributed by atoms with Crippen molar-refractivity contribution < 1.29 is 12.6 Å². The zero-order valence-electron chi connectivity index (χ0n) is 15.6. The van der Waals surface area contributed by atoms with Crippen molar-refractivity contribution in [3.63, 3.8) is 0 Å². The van der Waals surface area contributed by atoms with Gasteiger partial charge in [-0.25, -0.2) is 0 Å². The fraction of sp³-hybridized carbons (Fsp3) is 0. The summed E-state index contributed by atoms with van der Waals surface area (Å²) in [5, 5.41) is 0.393. The number of rotatable bonds is 5. The zero-order chi connectivity index (χ0) is 21.1. The van der Waals surface area contributed by atoms with Gasteiger partial charge in [-0.15, -0.1) is 0 Å². The Hall–Kier alpha value is -3.35. The lowest BCUT2D eigenvalue weighted by Gasteiger charge is -2.13. The first kappa shape index (κ1) is 19.9. The molecule has 0 aliphatic rings. The van der Waals surface area contributed by atoms with Gasteiger partial charge in [0.2, 0.25) is 5.75 Å². The van der Waals surface area contributed by atoms with Crippen molar-refractivity contribution >= 4 is 21.7 Å². The van der Waals surface area contributed by atoms with Crippen LogP contribution in [0.15, 0.2) is 101 Å². The summed E-state index contributed by atoms with van der Waals surface area (Å²) in [6.45, 7) is 0. The van der Waals surface area contributed by atoms with Crippen molar-refractivity contribution in [2.75, 3.05) is 0 Å². The Labute approximate surface area is 178 Å². The molecule has 7 heteroatoms. The van der Waals surface area contributed by atoms with E-state index in [1.54, 1.807) is 30.3 Å². The first-order valence-electron chi connectivity index (χ1n) is 9.02. The van der Waals surface area contributed by atoms with Crippen LogP contribution < -0.4 is 9.74 Å². The van der Waals surface area contributed by atoms with Gasteiger partial charge >= 0.3 is 10.1 Å². The van der Waals surface area contributed by atoms with Crippen molar-refractivity contribution in [1.82, 2.24) is 4.98 Å². The van der Waals surface area contributed by atoms with E-state index in [0.29, 0.717) is 21.8 Å². The number of aromatic nitrogens is 1. The van der Waals surface area contributed by atoms with Crippen LogP contribution in [-0.2, 0) is 10.1 Å². The predicted molar refractivity (Wildman–Crippen MR) is 117 cm³/mol. The number of benzene rings is 3. The molecular formula is C23H16ClNO4S. The second kappa shape index (κ2) is 8.18. The predicted octanol–water partition coefficient (Wildman–Crippen LogP) is 5.13. The smallest absolute Gasteiger partial charge is 0.339 e. The molecule has 150 valence electrons. The van der Waals surface area contributed by atoms with Gasteiger partial charge in [-0.05, 0) is 41.5 Å². The highest BCUT2D eigenvalue weighted by Gasteiger charge is 2.23. The summed E-state index contributed by atoms with van der Waals surface area (Å²) in [6, 6.07) is 25.5. The third-order valence-electron chi connectivity index (χ3n) is 4.45. The fourth-order valence-electron chi connectivity index (χ4n) is 2.99. The molecule has 0 spiro atoms. The quantitative estimate of drug-likeness (QED) is 0.439. The van der Waals surface area contributed by atoms with Gasteiger partial charge in [0.1, 0.15) is 4.90 Å². The number of halogens is 1. The molecule has 0 amide bonds. The van der Waals surface area contributed by atoms with Crippen LogP contribution in [0.25, 0.3) is 22.4 Å². The van der Waals surface area contributed by atoms with Crippen molar-refractivity contribution in [2.24, 2.45) is 0 Å². The molecule has 0 radical (unpaired) electrons. The fourth-order valence-corrected chi connectivity index (χ4v) is 4.07. The maximum Gasteiger partial charge on any atom is 0.339 e. The minimum atomic E-state index is -4.24. The topological polar surface area (TPSA) is 76.2 Å². The Bertz CT molecular complexity index is 1330. The van der Waals surface area contributed by atoms with Gasteiger partial charge in [0, 0.05) is 16.3 Å². The second-order valence-electron chi connectivity index (χ2n) is 6.48. The lowest BCUT2D eigenvalue weighted by atomic mass is 10.0. The minimum absolute atomic E-state index is 0.0996. The number of hydrogen-bond donors (Lipinski definition) is 1. The molecule has 0 saturated heterocycles. The van der Waals surface area contributed by atoms with Gasteiger partial charge < -0.3 is 9.17 Å². The summed E-state index contributed by atoms with van der Waals surface area (Å²) in [6.07, 6.45) is 0. The molecule has 1 aromatic heterocycles. The first-order chi connectivity index (χ1) is 14.4. The average Bonchev–Trinajstić information content (AvgIpc) is 2.76. The molecule has 0 atom stereocenters. The second-order valence-corrected chi connectivity index (χ2v) is 8.46. The molecule has 0 saturated carbocycles. The molecule has 0 aliphatic carbocycles. The van der Waals surface area contributed by atoms with E-state index in [1.807, 2.05) is 36.4 Å². The molecule has 0 aliphatic heterocycles. The standard InChI is InChI=1S/C23H16ClNO4S/c24-18-11-13-19(14-12-18)30(27,28)29-22-20(16-7-3-1-4-8-16)15-21(25-23(22)26)17-9-5-2-6-10-17/h1-15H,(H,25,26). The van der Waals surface area contributed by atoms with Crippen LogP contribution in [-0.4, -0.2) is 13.4 Å². The molecular weight excluding hydrogens is 422 g/mol. The third-order valence-corrected chi connectivity index (χ3v) is 5.94. The molecule has 1 heterocycles. The van der Waals surface area contributed by atoms with Crippen LogP contribution in [0.1, 0.15) is 0 Å². The van der Waals surface area contributed by atoms with Gasteiger partial charge in [0.05, 0.1) is 0 Å². The van der Waals surface area contributed by atoms with Gasteiger partial charge in [-0.2, -0.15) is 8.42 Å². The van der Waals surface area contributed by atoms with Crippen LogP contribution in [0.5, 0.6) is 5.75 Å². The zero-order valence-corrected chi connectivity index (χ0v) is 17.2. The van der Waals surface area contributed by atoms with E-state index in [9.17, 15) is 13.2 Å². The molecule has 0 fully saturated rings. The van der Waals surface area contributed by atoms with E-state index in [4.69, 9.17) is 15.8 Å². The minimum Gasteiger partial charge on any atom is -0.372 e. The lowest BCUT2D eigenvalue weighted by molar-refractivity contribution is 0.483. The normalized spacial score (nSPS) is 11.2. The third kappa shape index (κ3) is 4.15. The molecule has 4 rings (SSSR count). The molecule has 0 bridgehead atoms. The first-order valence-corrected chi connectivity index (χ1v) is 10.8. The van der Waals surface area contributed by atoms with Gasteiger partial charge in [-0.3, -0.25) is 4.79 Å². The van der Waals surface area contributed by atoms with E-state index in [1.165, 1.54) is 24.3 Å². The Morgan fingerprint density at radius 3 is 1.93 bits per heavy atom. The Balaban J connectivity index is 1.87. The SMILES string of the molecule is O=c1[nH]c(-c2ccccc2)cc(-c2ccccc2)c1OS(=O)(=O)c1ccc(Cl)cc1. The highest BCUT2D eigenvalue weighted by Crippen LogP contribution is 2.32. The van der Waals surface area contributed by atoms with Crippen LogP contribution in [0, 0.1) is 0 Å². The van der Waals surface area contributed by atoms with Gasteiger partial charge in [0.15, 0.2) is 0 Å². The monoisotopic (exact) mass is 437 g/mol. The van der Waals surface area contributed by atoms with Crippen LogP contribution in [0.4, 0.5) is 0 Å².